The van der Waals surface area contributed by atoms with Gasteiger partial charge >= 0.3 is 5.97 Å². The van der Waals surface area contributed by atoms with E-state index in [0.717, 1.165) is 32.5 Å². The van der Waals surface area contributed by atoms with Gasteiger partial charge in [-0.25, -0.2) is 9.78 Å². The molecule has 0 saturated heterocycles. The minimum absolute atomic E-state index is 0.144. The second-order valence-electron chi connectivity index (χ2n) is 8.25. The lowest BCUT2D eigenvalue weighted by molar-refractivity contribution is -0.139. The Balaban J connectivity index is 1.68. The summed E-state index contributed by atoms with van der Waals surface area (Å²) in [4.78, 5) is 17.8. The summed E-state index contributed by atoms with van der Waals surface area (Å²) in [7, 11) is 0. The number of benzene rings is 2. The number of carboxylic acids is 1. The van der Waals surface area contributed by atoms with Crippen LogP contribution in [0.25, 0.3) is 10.6 Å². The summed E-state index contributed by atoms with van der Waals surface area (Å²) in [6, 6.07) is 14.5. The quantitative estimate of drug-likeness (QED) is 0.425. The highest BCUT2D eigenvalue weighted by molar-refractivity contribution is 7.98. The van der Waals surface area contributed by atoms with E-state index in [9.17, 15) is 4.79 Å². The van der Waals surface area contributed by atoms with Crippen LogP contribution < -0.4 is 4.74 Å². The molecule has 0 spiro atoms. The lowest BCUT2D eigenvalue weighted by Crippen LogP contribution is -2.10. The number of hydrogen-bond donors (Lipinski definition) is 1. The molecule has 158 valence electrons. The molecule has 6 heteroatoms. The number of aromatic nitrogens is 1. The molecule has 0 saturated carbocycles. The molecule has 0 radical (unpaired) electrons. The number of carbonyl (C=O) groups is 1. The van der Waals surface area contributed by atoms with Crippen LogP contribution in [0.15, 0.2) is 47.4 Å². The van der Waals surface area contributed by atoms with Gasteiger partial charge in [0.05, 0.1) is 5.69 Å². The van der Waals surface area contributed by atoms with Gasteiger partial charge in [0, 0.05) is 21.1 Å². The molecule has 1 aromatic heterocycles. The van der Waals surface area contributed by atoms with E-state index in [1.807, 2.05) is 25.1 Å². The van der Waals surface area contributed by atoms with Crippen molar-refractivity contribution in [3.8, 4) is 16.3 Å². The normalized spacial score (nSPS) is 11.5. The Morgan fingerprint density at radius 2 is 1.83 bits per heavy atom. The molecule has 30 heavy (non-hydrogen) atoms. The molecule has 0 atom stereocenters. The zero-order valence-corrected chi connectivity index (χ0v) is 19.6. The summed E-state index contributed by atoms with van der Waals surface area (Å²) in [5, 5.41) is 9.81. The van der Waals surface area contributed by atoms with Gasteiger partial charge in [0.15, 0.2) is 6.61 Å². The van der Waals surface area contributed by atoms with Crippen molar-refractivity contribution in [2.24, 2.45) is 0 Å². The van der Waals surface area contributed by atoms with Gasteiger partial charge in [-0.05, 0) is 48.6 Å². The number of nitrogens with zero attached hydrogens (tertiary/aromatic N) is 1. The summed E-state index contributed by atoms with van der Waals surface area (Å²) in [5.41, 5.74) is 4.62. The maximum Gasteiger partial charge on any atom is 0.341 e. The molecular formula is C24H27NO3S2. The lowest BCUT2D eigenvalue weighted by Gasteiger charge is -2.18. The van der Waals surface area contributed by atoms with Gasteiger partial charge in [-0.1, -0.05) is 45.0 Å². The number of thiazole rings is 1. The van der Waals surface area contributed by atoms with Crippen molar-refractivity contribution >= 4 is 29.1 Å². The maximum atomic E-state index is 10.7. The predicted molar refractivity (Wildman–Crippen MR) is 125 cm³/mol. The average Bonchev–Trinajstić information content (AvgIpc) is 3.05. The Labute approximate surface area is 186 Å². The van der Waals surface area contributed by atoms with Crippen LogP contribution in [0.4, 0.5) is 0 Å². The van der Waals surface area contributed by atoms with E-state index in [0.29, 0.717) is 5.75 Å². The van der Waals surface area contributed by atoms with Gasteiger partial charge < -0.3 is 9.84 Å². The first-order valence-electron chi connectivity index (χ1n) is 9.79. The van der Waals surface area contributed by atoms with Crippen LogP contribution >= 0.6 is 23.1 Å². The van der Waals surface area contributed by atoms with E-state index < -0.39 is 5.97 Å². The molecule has 0 unspecified atom stereocenters. The zero-order valence-electron chi connectivity index (χ0n) is 18.0. The molecule has 0 amide bonds. The second kappa shape index (κ2) is 9.23. The van der Waals surface area contributed by atoms with Crippen molar-refractivity contribution in [3.63, 3.8) is 0 Å². The van der Waals surface area contributed by atoms with Gasteiger partial charge in [0.25, 0.3) is 0 Å². The number of thioether (sulfide) groups is 1. The number of ether oxygens (including phenoxy) is 1. The van der Waals surface area contributed by atoms with E-state index in [4.69, 9.17) is 14.8 Å². The Morgan fingerprint density at radius 3 is 2.43 bits per heavy atom. The van der Waals surface area contributed by atoms with E-state index in [2.05, 4.69) is 52.0 Å². The number of hydrogen-bond acceptors (Lipinski definition) is 5. The third-order valence-corrected chi connectivity index (χ3v) is 7.17. The van der Waals surface area contributed by atoms with Crippen molar-refractivity contribution < 1.29 is 14.6 Å². The van der Waals surface area contributed by atoms with Gasteiger partial charge in [0.2, 0.25) is 0 Å². The monoisotopic (exact) mass is 441 g/mol. The fourth-order valence-electron chi connectivity index (χ4n) is 2.96. The van der Waals surface area contributed by atoms with Crippen molar-refractivity contribution in [3.05, 3.63) is 64.2 Å². The third kappa shape index (κ3) is 5.64. The maximum absolute atomic E-state index is 10.7. The summed E-state index contributed by atoms with van der Waals surface area (Å²) in [6.07, 6.45) is 0. The van der Waals surface area contributed by atoms with Gasteiger partial charge in [-0.15, -0.1) is 23.1 Å². The van der Waals surface area contributed by atoms with Gasteiger partial charge in [-0.2, -0.15) is 0 Å². The molecule has 3 aromatic rings. The smallest absolute Gasteiger partial charge is 0.341 e. The summed E-state index contributed by atoms with van der Waals surface area (Å²) in [6.45, 7) is 10.3. The van der Waals surface area contributed by atoms with Crippen LogP contribution in [-0.4, -0.2) is 22.7 Å². The Kier molecular flexibility index (Phi) is 6.88. The molecule has 0 aliphatic rings. The highest BCUT2D eigenvalue weighted by Crippen LogP contribution is 2.34. The molecule has 0 aliphatic carbocycles. The lowest BCUT2D eigenvalue weighted by atomic mass is 9.87. The molecule has 0 fully saturated rings. The molecule has 1 heterocycles. The van der Waals surface area contributed by atoms with Crippen LogP contribution in [0.1, 0.15) is 42.5 Å². The molecular weight excluding hydrogens is 414 g/mol. The van der Waals surface area contributed by atoms with Crippen LogP contribution in [0, 0.1) is 13.8 Å². The largest absolute Gasteiger partial charge is 0.482 e. The first kappa shape index (κ1) is 22.4. The first-order chi connectivity index (χ1) is 14.1. The second-order valence-corrected chi connectivity index (χ2v) is 10.4. The van der Waals surface area contributed by atoms with Crippen LogP contribution in [0.3, 0.4) is 0 Å². The number of aliphatic carboxylic acids is 1. The fraction of sp³-hybridized carbons (Fsp3) is 0.333. The number of aryl methyl sites for hydroxylation is 2. The summed E-state index contributed by atoms with van der Waals surface area (Å²) in [5.74, 6) is 0.479. The first-order valence-corrected chi connectivity index (χ1v) is 11.6. The minimum atomic E-state index is -0.975. The third-order valence-electron chi connectivity index (χ3n) is 4.76. The van der Waals surface area contributed by atoms with Crippen LogP contribution in [-0.2, 0) is 16.0 Å². The summed E-state index contributed by atoms with van der Waals surface area (Å²) < 4.78 is 5.30. The minimum Gasteiger partial charge on any atom is -0.482 e. The summed E-state index contributed by atoms with van der Waals surface area (Å²) >= 11 is 3.49. The van der Waals surface area contributed by atoms with Crippen molar-refractivity contribution in [2.45, 2.75) is 50.7 Å². The molecule has 3 rings (SSSR count). The average molecular weight is 442 g/mol. The predicted octanol–water partition coefficient (Wildman–Crippen LogP) is 6.48. The Morgan fingerprint density at radius 1 is 1.13 bits per heavy atom. The topological polar surface area (TPSA) is 59.4 Å². The fourth-order valence-corrected chi connectivity index (χ4v) is 5.17. The Hall–Kier alpha value is -2.31. The molecule has 0 bridgehead atoms. The number of carboxylic acid groups (broad SMARTS) is 1. The Bertz CT molecular complexity index is 1030. The van der Waals surface area contributed by atoms with E-state index in [1.165, 1.54) is 10.4 Å². The van der Waals surface area contributed by atoms with Crippen molar-refractivity contribution in [1.82, 2.24) is 4.98 Å². The highest BCUT2D eigenvalue weighted by Gasteiger charge is 2.15. The van der Waals surface area contributed by atoms with E-state index in [1.54, 1.807) is 23.1 Å². The molecule has 4 nitrogen and oxygen atoms in total. The standard InChI is InChI=1S/C24H27NO3S2/c1-15-12-19(10-11-20(15)28-13-22(26)27)29-14-21-16(2)25-23(30-21)17-6-8-18(9-7-17)24(3,4)5/h6-12H,13-14H2,1-5H3,(H,26,27). The SMILES string of the molecule is Cc1cc(SCc2sc(-c3ccc(C(C)(C)C)cc3)nc2C)ccc1OCC(=O)O. The number of rotatable bonds is 7. The molecule has 2 aromatic carbocycles. The van der Waals surface area contributed by atoms with Crippen molar-refractivity contribution in [2.75, 3.05) is 6.61 Å². The van der Waals surface area contributed by atoms with E-state index >= 15 is 0 Å². The molecule has 1 N–H and O–H groups in total. The van der Waals surface area contributed by atoms with Crippen LogP contribution in [0.5, 0.6) is 5.75 Å². The van der Waals surface area contributed by atoms with E-state index in [-0.39, 0.29) is 12.0 Å². The van der Waals surface area contributed by atoms with Gasteiger partial charge in [-0.3, -0.25) is 0 Å². The van der Waals surface area contributed by atoms with Crippen molar-refractivity contribution in [1.29, 1.82) is 0 Å². The molecule has 0 aliphatic heterocycles. The zero-order chi connectivity index (χ0) is 21.9. The highest BCUT2D eigenvalue weighted by atomic mass is 32.2. The van der Waals surface area contributed by atoms with Gasteiger partial charge in [0.1, 0.15) is 10.8 Å². The van der Waals surface area contributed by atoms with Crippen LogP contribution in [0.2, 0.25) is 0 Å².